The van der Waals surface area contributed by atoms with Gasteiger partial charge in [-0.05, 0) is 90.0 Å². The zero-order valence-electron chi connectivity index (χ0n) is 24.2. The third kappa shape index (κ3) is 6.32. The molecule has 0 N–H and O–H groups in total. The zero-order chi connectivity index (χ0) is 28.7. The molecule has 1 atom stereocenters. The second kappa shape index (κ2) is 13.2. The first-order valence-corrected chi connectivity index (χ1v) is 15.2. The van der Waals surface area contributed by atoms with Gasteiger partial charge in [-0.15, -0.1) is 0 Å². The summed E-state index contributed by atoms with van der Waals surface area (Å²) < 4.78 is 12.9. The van der Waals surface area contributed by atoms with Gasteiger partial charge in [-0.3, -0.25) is 0 Å². The number of carbonyl (C=O) groups excluding carboxylic acids is 1. The highest BCUT2D eigenvalue weighted by Crippen LogP contribution is 2.45. The number of ether oxygens (including phenoxy) is 2. The Kier molecular flexibility index (Phi) is 8.76. The van der Waals surface area contributed by atoms with E-state index in [1.165, 1.54) is 59.6 Å². The van der Waals surface area contributed by atoms with Crippen molar-refractivity contribution in [2.45, 2.75) is 51.7 Å². The number of benzene rings is 3. The summed E-state index contributed by atoms with van der Waals surface area (Å²) in [4.78, 5) is 11.8. The van der Waals surface area contributed by atoms with E-state index in [9.17, 15) is 4.79 Å². The molecule has 0 amide bonds. The minimum atomic E-state index is -0.324. The van der Waals surface area contributed by atoms with Crippen LogP contribution in [-0.4, -0.2) is 29.0 Å². The van der Waals surface area contributed by atoms with Gasteiger partial charge in [0, 0.05) is 24.4 Å². The van der Waals surface area contributed by atoms with Gasteiger partial charge in [0.05, 0.1) is 12.8 Å². The molecule has 5 heteroatoms. The first-order chi connectivity index (χ1) is 20.7. The number of rotatable bonds is 9. The fraction of sp³-hybridized carbons (Fsp3) is 0.297. The minimum absolute atomic E-state index is 0.0346. The lowest BCUT2D eigenvalue weighted by atomic mass is 9.73. The Morgan fingerprint density at radius 2 is 1.62 bits per heavy atom. The molecule has 0 spiro atoms. The topological polar surface area (TPSA) is 53.3 Å². The van der Waals surface area contributed by atoms with Crippen molar-refractivity contribution in [1.29, 1.82) is 0 Å². The van der Waals surface area contributed by atoms with Gasteiger partial charge in [-0.25, -0.2) is 9.48 Å². The van der Waals surface area contributed by atoms with Crippen molar-refractivity contribution in [3.63, 3.8) is 0 Å². The predicted octanol–water partition coefficient (Wildman–Crippen LogP) is 8.58. The van der Waals surface area contributed by atoms with Crippen LogP contribution >= 0.6 is 0 Å². The molecule has 42 heavy (non-hydrogen) atoms. The van der Waals surface area contributed by atoms with Crippen LogP contribution in [0.5, 0.6) is 0 Å². The van der Waals surface area contributed by atoms with Gasteiger partial charge in [0.2, 0.25) is 0 Å². The molecule has 1 saturated carbocycles. The molecule has 214 valence electrons. The fourth-order valence-electron chi connectivity index (χ4n) is 5.90. The van der Waals surface area contributed by atoms with Gasteiger partial charge in [-0.2, -0.15) is 5.10 Å². The fourth-order valence-corrected chi connectivity index (χ4v) is 5.90. The van der Waals surface area contributed by atoms with E-state index in [2.05, 4.69) is 90.2 Å². The molecule has 1 saturated heterocycles. The second-order valence-electron chi connectivity index (χ2n) is 11.1. The molecule has 1 aliphatic heterocycles. The van der Waals surface area contributed by atoms with Crippen molar-refractivity contribution in [3.8, 4) is 11.1 Å². The normalized spacial score (nSPS) is 18.0. The van der Waals surface area contributed by atoms with Crippen LogP contribution in [0, 0.1) is 5.92 Å². The number of nitrogens with zero attached hydrogens (tertiary/aromatic N) is 2. The number of aromatic nitrogens is 2. The van der Waals surface area contributed by atoms with Crippen LogP contribution in [0.15, 0.2) is 97.3 Å². The van der Waals surface area contributed by atoms with Crippen molar-refractivity contribution in [3.05, 3.63) is 120 Å². The molecule has 1 aromatic heterocycles. The number of hydrogen-bond donors (Lipinski definition) is 0. The van der Waals surface area contributed by atoms with Crippen molar-refractivity contribution in [2.24, 2.45) is 5.92 Å². The molecular weight excluding hydrogens is 520 g/mol. The van der Waals surface area contributed by atoms with Crippen LogP contribution in [0.25, 0.3) is 28.3 Å². The van der Waals surface area contributed by atoms with Gasteiger partial charge in [0.15, 0.2) is 0 Å². The highest BCUT2D eigenvalue weighted by Gasteiger charge is 2.27. The van der Waals surface area contributed by atoms with E-state index in [-0.39, 0.29) is 12.2 Å². The van der Waals surface area contributed by atoms with E-state index in [1.54, 1.807) is 0 Å². The standard InChI is InChI=1S/C37H38N2O3/c1-2-41-35(40)23-16-27-14-17-31(18-15-27)37(36(30-11-8-12-30)29-9-4-3-5-10-29)32-21-19-28(20-22-32)33-25-38-39(26-33)34-13-6-7-24-42-34/h3-5,9-10,14-23,25-26,30,34H,2,6-8,11-13,24H2,1H3/b23-16+,37-36-. The molecule has 0 bridgehead atoms. The van der Waals surface area contributed by atoms with Gasteiger partial charge in [0.25, 0.3) is 0 Å². The van der Waals surface area contributed by atoms with E-state index in [1.807, 2.05) is 23.9 Å². The molecule has 1 unspecified atom stereocenters. The summed E-state index contributed by atoms with van der Waals surface area (Å²) in [5.41, 5.74) is 9.53. The predicted molar refractivity (Wildman–Crippen MR) is 168 cm³/mol. The molecule has 2 fully saturated rings. The summed E-state index contributed by atoms with van der Waals surface area (Å²) in [6.45, 7) is 2.99. The summed E-state index contributed by atoms with van der Waals surface area (Å²) in [6, 6.07) is 28.2. The molecule has 2 aliphatic rings. The third-order valence-corrected chi connectivity index (χ3v) is 8.32. The van der Waals surface area contributed by atoms with Crippen LogP contribution in [0.4, 0.5) is 0 Å². The van der Waals surface area contributed by atoms with Crippen molar-refractivity contribution < 1.29 is 14.3 Å². The summed E-state index contributed by atoms with van der Waals surface area (Å²) in [5.74, 6) is 0.203. The SMILES string of the molecule is CCOC(=O)/C=C/c1ccc(/C(=C(\c2ccccc2)C2CCC2)c2ccc(-c3cnn(C4CCCCO4)c3)cc2)cc1. The lowest BCUT2D eigenvalue weighted by Gasteiger charge is -2.31. The first-order valence-electron chi connectivity index (χ1n) is 15.2. The maximum Gasteiger partial charge on any atom is 0.330 e. The van der Waals surface area contributed by atoms with Crippen LogP contribution in [0.1, 0.15) is 73.9 Å². The Labute approximate surface area is 248 Å². The molecule has 4 aromatic rings. The number of hydrogen-bond acceptors (Lipinski definition) is 4. The molecule has 2 heterocycles. The summed E-state index contributed by atoms with van der Waals surface area (Å²) in [7, 11) is 0. The number of carbonyl (C=O) groups is 1. The lowest BCUT2D eigenvalue weighted by molar-refractivity contribution is -0.137. The van der Waals surface area contributed by atoms with Crippen molar-refractivity contribution >= 4 is 23.2 Å². The lowest BCUT2D eigenvalue weighted by Crippen LogP contribution is -2.18. The summed E-state index contributed by atoms with van der Waals surface area (Å²) in [5, 5.41) is 4.62. The number of esters is 1. The Morgan fingerprint density at radius 1 is 0.881 bits per heavy atom. The van der Waals surface area contributed by atoms with E-state index < -0.39 is 0 Å². The van der Waals surface area contributed by atoms with Crippen LogP contribution in [0.2, 0.25) is 0 Å². The van der Waals surface area contributed by atoms with Crippen LogP contribution < -0.4 is 0 Å². The van der Waals surface area contributed by atoms with E-state index in [0.717, 1.165) is 36.1 Å². The van der Waals surface area contributed by atoms with Crippen LogP contribution in [-0.2, 0) is 14.3 Å². The quantitative estimate of drug-likeness (QED) is 0.117. The summed E-state index contributed by atoms with van der Waals surface area (Å²) >= 11 is 0. The highest BCUT2D eigenvalue weighted by molar-refractivity contribution is 6.00. The average molecular weight is 559 g/mol. The maximum atomic E-state index is 11.8. The minimum Gasteiger partial charge on any atom is -0.463 e. The highest BCUT2D eigenvalue weighted by atomic mass is 16.5. The zero-order valence-corrected chi connectivity index (χ0v) is 24.2. The maximum absolute atomic E-state index is 11.8. The molecule has 0 radical (unpaired) electrons. The van der Waals surface area contributed by atoms with Crippen molar-refractivity contribution in [2.75, 3.05) is 13.2 Å². The summed E-state index contributed by atoms with van der Waals surface area (Å²) in [6.07, 6.45) is 14.4. The molecule has 6 rings (SSSR count). The van der Waals surface area contributed by atoms with E-state index in [4.69, 9.17) is 9.47 Å². The van der Waals surface area contributed by atoms with Gasteiger partial charge in [-0.1, -0.05) is 85.3 Å². The Bertz CT molecular complexity index is 1540. The second-order valence-corrected chi connectivity index (χ2v) is 11.1. The molecule has 3 aromatic carbocycles. The van der Waals surface area contributed by atoms with Crippen molar-refractivity contribution in [1.82, 2.24) is 9.78 Å². The molecule has 1 aliphatic carbocycles. The van der Waals surface area contributed by atoms with E-state index in [0.29, 0.717) is 12.5 Å². The Balaban J connectivity index is 1.37. The van der Waals surface area contributed by atoms with E-state index >= 15 is 0 Å². The monoisotopic (exact) mass is 558 g/mol. The number of allylic oxidation sites excluding steroid dienone is 1. The average Bonchev–Trinajstić information content (AvgIpc) is 3.51. The van der Waals surface area contributed by atoms with Gasteiger partial charge < -0.3 is 9.47 Å². The Morgan fingerprint density at radius 3 is 2.26 bits per heavy atom. The van der Waals surface area contributed by atoms with Gasteiger partial charge >= 0.3 is 5.97 Å². The molecular formula is C37H38N2O3. The van der Waals surface area contributed by atoms with Crippen LogP contribution in [0.3, 0.4) is 0 Å². The largest absolute Gasteiger partial charge is 0.463 e. The van der Waals surface area contributed by atoms with Gasteiger partial charge in [0.1, 0.15) is 6.23 Å². The Hall–Kier alpha value is -4.22. The molecule has 5 nitrogen and oxygen atoms in total. The third-order valence-electron chi connectivity index (χ3n) is 8.32. The first kappa shape index (κ1) is 27.9. The smallest absolute Gasteiger partial charge is 0.330 e.